The van der Waals surface area contributed by atoms with Crippen LogP contribution in [0.15, 0.2) is 53.1 Å². The van der Waals surface area contributed by atoms with Crippen LogP contribution in [0.3, 0.4) is 0 Å². The predicted octanol–water partition coefficient (Wildman–Crippen LogP) is 3.42. The van der Waals surface area contributed by atoms with Gasteiger partial charge in [-0.25, -0.2) is 8.42 Å². The zero-order chi connectivity index (χ0) is 21.0. The minimum absolute atomic E-state index is 0.0292. The first-order valence-electron chi connectivity index (χ1n) is 8.72. The van der Waals surface area contributed by atoms with Gasteiger partial charge in [0.25, 0.3) is 5.91 Å². The number of carbonyl (C=O) groups is 1. The van der Waals surface area contributed by atoms with Crippen molar-refractivity contribution in [2.75, 3.05) is 17.5 Å². The van der Waals surface area contributed by atoms with E-state index >= 15 is 0 Å². The lowest BCUT2D eigenvalue weighted by Crippen LogP contribution is -2.26. The van der Waals surface area contributed by atoms with Crippen molar-refractivity contribution in [3.05, 3.63) is 65.0 Å². The van der Waals surface area contributed by atoms with Crippen LogP contribution >= 0.6 is 11.6 Å². The number of nitrogens with one attached hydrogen (secondary N) is 1. The van der Waals surface area contributed by atoms with E-state index in [1.54, 1.807) is 62.5 Å². The topological polar surface area (TPSA) is 105 Å². The zero-order valence-electron chi connectivity index (χ0n) is 15.8. The summed E-state index contributed by atoms with van der Waals surface area (Å²) in [6.07, 6.45) is 0. The number of anilines is 1. The van der Waals surface area contributed by atoms with Gasteiger partial charge in [-0.2, -0.15) is 4.98 Å². The van der Waals surface area contributed by atoms with Crippen molar-refractivity contribution in [1.29, 1.82) is 0 Å². The lowest BCUT2D eigenvalue weighted by Gasteiger charge is -2.15. The third-order valence-electron chi connectivity index (χ3n) is 4.07. The number of hydrogen-bond acceptors (Lipinski definition) is 6. The van der Waals surface area contributed by atoms with E-state index in [0.717, 1.165) is 5.56 Å². The maximum Gasteiger partial charge on any atom is 0.254 e. The van der Waals surface area contributed by atoms with Crippen LogP contribution in [0, 0.1) is 0 Å². The fourth-order valence-electron chi connectivity index (χ4n) is 2.46. The molecule has 0 saturated carbocycles. The fraction of sp³-hybridized carbons (Fsp3) is 0.211. The third kappa shape index (κ3) is 5.33. The minimum atomic E-state index is -3.37. The van der Waals surface area contributed by atoms with Crippen molar-refractivity contribution in [2.45, 2.75) is 13.5 Å². The van der Waals surface area contributed by atoms with Crippen molar-refractivity contribution >= 4 is 33.2 Å². The Morgan fingerprint density at radius 1 is 1.14 bits per heavy atom. The van der Waals surface area contributed by atoms with Gasteiger partial charge in [0.15, 0.2) is 0 Å². The molecule has 0 aliphatic heterocycles. The summed E-state index contributed by atoms with van der Waals surface area (Å²) in [5, 5.41) is 4.53. The van der Waals surface area contributed by atoms with Crippen molar-refractivity contribution in [1.82, 2.24) is 15.0 Å². The molecule has 0 spiro atoms. The molecule has 0 unspecified atom stereocenters. The molecule has 1 heterocycles. The molecule has 8 nitrogen and oxygen atoms in total. The predicted molar refractivity (Wildman–Crippen MR) is 110 cm³/mol. The van der Waals surface area contributed by atoms with Crippen LogP contribution in [-0.4, -0.2) is 42.2 Å². The molecule has 1 N–H and O–H groups in total. The highest BCUT2D eigenvalue weighted by Crippen LogP contribution is 2.19. The second-order valence-corrected chi connectivity index (χ2v) is 8.71. The number of aromatic nitrogens is 2. The van der Waals surface area contributed by atoms with Crippen molar-refractivity contribution in [3.63, 3.8) is 0 Å². The summed E-state index contributed by atoms with van der Waals surface area (Å²) in [6.45, 7) is 1.68. The van der Waals surface area contributed by atoms with Gasteiger partial charge in [0.05, 0.1) is 12.3 Å². The first-order chi connectivity index (χ1) is 13.8. The molecule has 0 bridgehead atoms. The van der Waals surface area contributed by atoms with Crippen molar-refractivity contribution in [3.8, 4) is 11.4 Å². The molecule has 3 rings (SSSR count). The van der Waals surface area contributed by atoms with Crippen LogP contribution in [0.5, 0.6) is 0 Å². The number of rotatable bonds is 7. The van der Waals surface area contributed by atoms with E-state index in [1.807, 2.05) is 0 Å². The number of sulfonamides is 1. The summed E-state index contributed by atoms with van der Waals surface area (Å²) >= 11 is 5.87. The Balaban J connectivity index is 1.65. The lowest BCUT2D eigenvalue weighted by molar-refractivity contribution is 0.0769. The Kier molecular flexibility index (Phi) is 6.19. The number of amides is 1. The molecule has 1 amide bonds. The summed E-state index contributed by atoms with van der Waals surface area (Å²) in [5.41, 5.74) is 1.56. The van der Waals surface area contributed by atoms with Crippen LogP contribution in [-0.2, 0) is 16.6 Å². The number of hydrogen-bond donors (Lipinski definition) is 1. The SMILES string of the molecule is CCS(=O)(=O)Nc1ccc(C(=O)N(C)Cc2nc(-c3ccc(Cl)cc3)no2)cc1. The van der Waals surface area contributed by atoms with Crippen molar-refractivity contribution < 1.29 is 17.7 Å². The maximum atomic E-state index is 12.6. The molecule has 0 saturated heterocycles. The van der Waals surface area contributed by atoms with E-state index in [2.05, 4.69) is 14.9 Å². The molecule has 0 aliphatic rings. The lowest BCUT2D eigenvalue weighted by atomic mass is 10.2. The third-order valence-corrected chi connectivity index (χ3v) is 5.63. The Morgan fingerprint density at radius 2 is 1.79 bits per heavy atom. The van der Waals surface area contributed by atoms with Gasteiger partial charge in [-0.1, -0.05) is 16.8 Å². The molecule has 0 atom stereocenters. The number of halogens is 1. The van der Waals surface area contributed by atoms with E-state index in [1.165, 1.54) is 4.90 Å². The number of carbonyl (C=O) groups excluding carboxylic acids is 1. The highest BCUT2D eigenvalue weighted by Gasteiger charge is 2.17. The van der Waals surface area contributed by atoms with E-state index in [0.29, 0.717) is 22.1 Å². The van der Waals surface area contributed by atoms with Gasteiger partial charge < -0.3 is 9.42 Å². The summed E-state index contributed by atoms with van der Waals surface area (Å²) in [6, 6.07) is 13.2. The standard InChI is InChI=1S/C19H19ClN4O4S/c1-3-29(26,27)23-16-10-6-14(7-11-16)19(25)24(2)12-17-21-18(22-28-17)13-4-8-15(20)9-5-13/h4-11,23H,3,12H2,1-2H3. The molecule has 0 fully saturated rings. The summed E-state index contributed by atoms with van der Waals surface area (Å²) in [4.78, 5) is 18.3. The Morgan fingerprint density at radius 3 is 2.41 bits per heavy atom. The Labute approximate surface area is 173 Å². The molecule has 1 aromatic heterocycles. The van der Waals surface area contributed by atoms with Crippen LogP contribution < -0.4 is 4.72 Å². The first-order valence-corrected chi connectivity index (χ1v) is 10.7. The van der Waals surface area contributed by atoms with Crippen LogP contribution in [0.4, 0.5) is 5.69 Å². The largest absolute Gasteiger partial charge is 0.337 e. The fourth-order valence-corrected chi connectivity index (χ4v) is 3.23. The second kappa shape index (κ2) is 8.62. The number of nitrogens with zero attached hydrogens (tertiary/aromatic N) is 3. The second-order valence-electron chi connectivity index (χ2n) is 6.26. The first kappa shape index (κ1) is 20.8. The molecule has 152 valence electrons. The highest BCUT2D eigenvalue weighted by atomic mass is 35.5. The molecule has 3 aromatic rings. The summed E-state index contributed by atoms with van der Waals surface area (Å²) in [7, 11) is -1.75. The Bertz CT molecular complexity index is 1100. The van der Waals surface area contributed by atoms with Gasteiger partial charge in [-0.05, 0) is 55.5 Å². The molecule has 0 radical (unpaired) electrons. The maximum absolute atomic E-state index is 12.6. The van der Waals surface area contributed by atoms with Gasteiger partial charge in [0.2, 0.25) is 21.7 Å². The van der Waals surface area contributed by atoms with E-state index in [4.69, 9.17) is 16.1 Å². The molecule has 29 heavy (non-hydrogen) atoms. The minimum Gasteiger partial charge on any atom is -0.337 e. The Hall–Kier alpha value is -2.91. The number of benzene rings is 2. The highest BCUT2D eigenvalue weighted by molar-refractivity contribution is 7.92. The summed E-state index contributed by atoms with van der Waals surface area (Å²) in [5.74, 6) is 0.405. The molecule has 10 heteroatoms. The van der Waals surface area contributed by atoms with Crippen molar-refractivity contribution in [2.24, 2.45) is 0 Å². The molecule has 2 aromatic carbocycles. The van der Waals surface area contributed by atoms with E-state index < -0.39 is 10.0 Å². The van der Waals surface area contributed by atoms with Gasteiger partial charge in [-0.3, -0.25) is 9.52 Å². The van der Waals surface area contributed by atoms with Crippen LogP contribution in [0.1, 0.15) is 23.2 Å². The average molecular weight is 435 g/mol. The average Bonchev–Trinajstić information content (AvgIpc) is 3.16. The smallest absolute Gasteiger partial charge is 0.254 e. The molecular formula is C19H19ClN4O4S. The van der Waals surface area contributed by atoms with Crippen LogP contribution in [0.25, 0.3) is 11.4 Å². The summed E-state index contributed by atoms with van der Waals surface area (Å²) < 4.78 is 30.9. The molecular weight excluding hydrogens is 416 g/mol. The molecule has 0 aliphatic carbocycles. The van der Waals surface area contributed by atoms with E-state index in [9.17, 15) is 13.2 Å². The van der Waals surface area contributed by atoms with Crippen LogP contribution in [0.2, 0.25) is 5.02 Å². The monoisotopic (exact) mass is 434 g/mol. The quantitative estimate of drug-likeness (QED) is 0.610. The zero-order valence-corrected chi connectivity index (χ0v) is 17.4. The van der Waals surface area contributed by atoms with Gasteiger partial charge >= 0.3 is 0 Å². The van der Waals surface area contributed by atoms with Gasteiger partial charge in [0.1, 0.15) is 0 Å². The van der Waals surface area contributed by atoms with Gasteiger partial charge in [-0.15, -0.1) is 0 Å². The normalized spacial score (nSPS) is 11.3. The van der Waals surface area contributed by atoms with E-state index in [-0.39, 0.29) is 24.1 Å². The van der Waals surface area contributed by atoms with Gasteiger partial charge in [0, 0.05) is 28.9 Å².